The summed E-state index contributed by atoms with van der Waals surface area (Å²) >= 11 is 0. The lowest BCUT2D eigenvalue weighted by atomic mass is 10.1. The molecule has 0 saturated carbocycles. The standard InChI is InChI=1S/C27H34N4O5S/c1-18(2)17-36-27(33)31-19(3)15-30(16-20(31)4)26(32)22-10-12-23(13-11-22)29-37(34,35)24-9-5-7-21-8-6-14-28-25(21)24/h5-14,18-20,29,34-35H,15-17H2,1-4H3/t19-,20+. The quantitative estimate of drug-likeness (QED) is 0.377. The Morgan fingerprint density at radius 1 is 1.05 bits per heavy atom. The fraction of sp³-hybridized carbons (Fsp3) is 0.370. The molecule has 37 heavy (non-hydrogen) atoms. The highest BCUT2D eigenvalue weighted by atomic mass is 32.3. The minimum atomic E-state index is -3.39. The van der Waals surface area contributed by atoms with Crippen molar-refractivity contribution < 1.29 is 23.4 Å². The van der Waals surface area contributed by atoms with Gasteiger partial charge in [0.15, 0.2) is 0 Å². The van der Waals surface area contributed by atoms with E-state index >= 15 is 0 Å². The second kappa shape index (κ2) is 11.0. The first-order valence-electron chi connectivity index (χ1n) is 12.3. The Kier molecular flexibility index (Phi) is 7.91. The number of amides is 2. The first kappa shape index (κ1) is 26.7. The number of nitrogens with one attached hydrogen (secondary N) is 1. The molecule has 2 amide bonds. The number of hydrogen-bond donors (Lipinski definition) is 3. The van der Waals surface area contributed by atoms with Crippen LogP contribution in [0.3, 0.4) is 0 Å². The monoisotopic (exact) mass is 526 g/mol. The van der Waals surface area contributed by atoms with Crippen LogP contribution < -0.4 is 4.72 Å². The number of fused-ring (bicyclic) bond motifs is 1. The SMILES string of the molecule is CC(C)COC(=O)N1[C@H](C)CN(C(=O)c2ccc(NS(O)(O)c3cccc4cccnc34)cc2)C[C@@H]1C. The third-order valence-corrected chi connectivity index (χ3v) is 7.71. The molecule has 3 N–H and O–H groups in total. The molecule has 1 aliphatic heterocycles. The van der Waals surface area contributed by atoms with E-state index in [4.69, 9.17) is 4.74 Å². The van der Waals surface area contributed by atoms with Gasteiger partial charge in [-0.05, 0) is 56.2 Å². The Morgan fingerprint density at radius 3 is 2.35 bits per heavy atom. The molecule has 0 unspecified atom stereocenters. The van der Waals surface area contributed by atoms with Gasteiger partial charge in [0.25, 0.3) is 5.91 Å². The van der Waals surface area contributed by atoms with E-state index in [0.717, 1.165) is 5.39 Å². The van der Waals surface area contributed by atoms with E-state index in [1.54, 1.807) is 58.5 Å². The molecular formula is C27H34N4O5S. The lowest BCUT2D eigenvalue weighted by Crippen LogP contribution is -2.60. The zero-order chi connectivity index (χ0) is 26.7. The zero-order valence-electron chi connectivity index (χ0n) is 21.5. The summed E-state index contributed by atoms with van der Waals surface area (Å²) in [7, 11) is -3.39. The summed E-state index contributed by atoms with van der Waals surface area (Å²) in [4.78, 5) is 33.8. The van der Waals surface area contributed by atoms with Crippen LogP contribution in [0.4, 0.5) is 10.5 Å². The van der Waals surface area contributed by atoms with Gasteiger partial charge in [0.05, 0.1) is 29.9 Å². The minimum Gasteiger partial charge on any atom is -0.449 e. The summed E-state index contributed by atoms with van der Waals surface area (Å²) in [6.45, 7) is 8.95. The van der Waals surface area contributed by atoms with Crippen LogP contribution >= 0.6 is 10.8 Å². The van der Waals surface area contributed by atoms with E-state index in [1.807, 2.05) is 39.8 Å². The average molecular weight is 527 g/mol. The highest BCUT2D eigenvalue weighted by Crippen LogP contribution is 2.50. The van der Waals surface area contributed by atoms with Gasteiger partial charge in [-0.15, -0.1) is 0 Å². The number of benzene rings is 2. The number of nitrogens with zero attached hydrogens (tertiary/aromatic N) is 3. The normalized spacial score (nSPS) is 18.7. The molecule has 0 aliphatic carbocycles. The summed E-state index contributed by atoms with van der Waals surface area (Å²) in [5.74, 6) is 0.104. The third kappa shape index (κ3) is 5.98. The fourth-order valence-corrected chi connectivity index (χ4v) is 5.83. The molecule has 1 fully saturated rings. The van der Waals surface area contributed by atoms with Crippen LogP contribution in [-0.4, -0.2) is 67.7 Å². The minimum absolute atomic E-state index is 0.148. The Balaban J connectivity index is 1.43. The Bertz CT molecular complexity index is 1250. The number of anilines is 1. The van der Waals surface area contributed by atoms with Crippen molar-refractivity contribution in [1.29, 1.82) is 0 Å². The van der Waals surface area contributed by atoms with E-state index in [9.17, 15) is 18.7 Å². The van der Waals surface area contributed by atoms with Crippen LogP contribution in [-0.2, 0) is 4.74 Å². The molecule has 0 spiro atoms. The molecule has 2 heterocycles. The van der Waals surface area contributed by atoms with Gasteiger partial charge >= 0.3 is 6.09 Å². The van der Waals surface area contributed by atoms with Crippen LogP contribution in [0.25, 0.3) is 10.9 Å². The summed E-state index contributed by atoms with van der Waals surface area (Å²) in [6, 6.07) is 15.1. The number of carbonyl (C=O) groups excluding carboxylic acids is 2. The van der Waals surface area contributed by atoms with E-state index in [1.165, 1.54) is 0 Å². The number of carbonyl (C=O) groups is 2. The fourth-order valence-electron chi connectivity index (χ4n) is 4.55. The van der Waals surface area contributed by atoms with Crippen molar-refractivity contribution in [2.24, 2.45) is 5.92 Å². The topological polar surface area (TPSA) is 115 Å². The molecule has 1 saturated heterocycles. The van der Waals surface area contributed by atoms with Gasteiger partial charge in [-0.3, -0.25) is 28.5 Å². The maximum absolute atomic E-state index is 13.2. The van der Waals surface area contributed by atoms with Crippen molar-refractivity contribution in [1.82, 2.24) is 14.8 Å². The Labute approximate surface area is 218 Å². The summed E-state index contributed by atoms with van der Waals surface area (Å²) in [5, 5.41) is 0.805. The molecule has 3 aromatic rings. The van der Waals surface area contributed by atoms with Gasteiger partial charge in [-0.2, -0.15) is 0 Å². The van der Waals surface area contributed by atoms with Crippen LogP contribution in [0.5, 0.6) is 0 Å². The molecule has 0 radical (unpaired) electrons. The second-order valence-electron chi connectivity index (χ2n) is 9.85. The van der Waals surface area contributed by atoms with Crippen LogP contribution in [0, 0.1) is 5.92 Å². The maximum atomic E-state index is 13.2. The molecule has 198 valence electrons. The smallest absolute Gasteiger partial charge is 0.410 e. The lowest BCUT2D eigenvalue weighted by Gasteiger charge is -2.43. The van der Waals surface area contributed by atoms with Gasteiger partial charge in [-0.1, -0.05) is 42.8 Å². The van der Waals surface area contributed by atoms with E-state index < -0.39 is 10.8 Å². The van der Waals surface area contributed by atoms with Crippen LogP contribution in [0.15, 0.2) is 65.7 Å². The van der Waals surface area contributed by atoms with Crippen molar-refractivity contribution in [2.45, 2.75) is 44.7 Å². The molecule has 2 aromatic carbocycles. The molecule has 9 nitrogen and oxygen atoms in total. The van der Waals surface area contributed by atoms with Crippen molar-refractivity contribution in [3.63, 3.8) is 0 Å². The highest BCUT2D eigenvalue weighted by Gasteiger charge is 2.36. The summed E-state index contributed by atoms with van der Waals surface area (Å²) < 4.78 is 30.0. The number of aromatic nitrogens is 1. The predicted octanol–water partition coefficient (Wildman–Crippen LogP) is 5.70. The number of hydrogen-bond acceptors (Lipinski definition) is 7. The third-order valence-electron chi connectivity index (χ3n) is 6.25. The maximum Gasteiger partial charge on any atom is 0.410 e. The van der Waals surface area contributed by atoms with E-state index in [-0.39, 0.29) is 30.0 Å². The average Bonchev–Trinajstić information content (AvgIpc) is 2.86. The second-order valence-corrected chi connectivity index (χ2v) is 11.6. The zero-order valence-corrected chi connectivity index (χ0v) is 22.3. The summed E-state index contributed by atoms with van der Waals surface area (Å²) in [6.07, 6.45) is 1.26. The number of piperazine rings is 1. The number of para-hydroxylation sites is 1. The van der Waals surface area contributed by atoms with Gasteiger partial charge in [0.2, 0.25) is 0 Å². The lowest BCUT2D eigenvalue weighted by molar-refractivity contribution is 0.0185. The van der Waals surface area contributed by atoms with Gasteiger partial charge in [-0.25, -0.2) is 4.79 Å². The molecular weight excluding hydrogens is 492 g/mol. The van der Waals surface area contributed by atoms with Crippen molar-refractivity contribution in [2.75, 3.05) is 24.4 Å². The van der Waals surface area contributed by atoms with Crippen LogP contribution in [0.1, 0.15) is 38.1 Å². The highest BCUT2D eigenvalue weighted by molar-refractivity contribution is 8.25. The number of rotatable bonds is 6. The molecule has 1 aromatic heterocycles. The van der Waals surface area contributed by atoms with Crippen molar-refractivity contribution in [3.05, 3.63) is 66.4 Å². The Hall–Kier alpha value is -3.34. The molecule has 4 rings (SSSR count). The van der Waals surface area contributed by atoms with Gasteiger partial charge in [0.1, 0.15) is 4.90 Å². The van der Waals surface area contributed by atoms with Crippen LogP contribution in [0.2, 0.25) is 0 Å². The largest absolute Gasteiger partial charge is 0.449 e. The first-order chi connectivity index (χ1) is 17.6. The molecule has 0 bridgehead atoms. The Morgan fingerprint density at radius 2 is 1.70 bits per heavy atom. The molecule has 2 atom stereocenters. The van der Waals surface area contributed by atoms with Crippen molar-refractivity contribution >= 4 is 39.4 Å². The van der Waals surface area contributed by atoms with Gasteiger partial charge in [0, 0.05) is 30.2 Å². The van der Waals surface area contributed by atoms with Crippen molar-refractivity contribution in [3.8, 4) is 0 Å². The van der Waals surface area contributed by atoms with E-state index in [2.05, 4.69) is 9.71 Å². The van der Waals surface area contributed by atoms with Gasteiger partial charge < -0.3 is 9.64 Å². The van der Waals surface area contributed by atoms with E-state index in [0.29, 0.717) is 41.4 Å². The first-order valence-corrected chi connectivity index (χ1v) is 13.9. The summed E-state index contributed by atoms with van der Waals surface area (Å²) in [5.41, 5.74) is 1.45. The molecule has 1 aliphatic rings. The predicted molar refractivity (Wildman–Crippen MR) is 146 cm³/mol. The molecule has 10 heteroatoms. The number of pyridine rings is 1. The number of ether oxygens (including phenoxy) is 1.